The lowest BCUT2D eigenvalue weighted by molar-refractivity contribution is 1.01. The molecule has 0 saturated carbocycles. The number of alkyl halides is 1. The van der Waals surface area contributed by atoms with Gasteiger partial charge in [0, 0.05) is 21.4 Å². The van der Waals surface area contributed by atoms with Crippen molar-refractivity contribution in [3.05, 3.63) is 34.9 Å². The van der Waals surface area contributed by atoms with Crippen molar-refractivity contribution < 1.29 is 0 Å². The van der Waals surface area contributed by atoms with E-state index >= 15 is 0 Å². The van der Waals surface area contributed by atoms with Gasteiger partial charge in [-0.15, -0.1) is 0 Å². The Hall–Kier alpha value is -0.200. The zero-order chi connectivity index (χ0) is 9.52. The molecule has 0 saturated heterocycles. The molecule has 0 aromatic heterocycles. The first-order valence-electron chi connectivity index (χ1n) is 4.13. The van der Waals surface area contributed by atoms with Crippen LogP contribution in [-0.4, -0.2) is 4.43 Å². The van der Waals surface area contributed by atoms with E-state index in [9.17, 15) is 0 Å². The van der Waals surface area contributed by atoms with Crippen LogP contribution in [0.2, 0.25) is 5.02 Å². The molecule has 0 heterocycles. The van der Waals surface area contributed by atoms with Crippen molar-refractivity contribution >= 4 is 34.2 Å². The highest BCUT2D eigenvalue weighted by Gasteiger charge is 1.86. The fraction of sp³-hybridized carbons (Fsp3) is 0.273. The molecular formula is C11H10ClI. The molecule has 68 valence electrons. The number of unbranched alkanes of at least 4 members (excludes halogenated alkanes) is 1. The molecule has 1 rings (SSSR count). The monoisotopic (exact) mass is 304 g/mol. The van der Waals surface area contributed by atoms with E-state index in [1.165, 1.54) is 10.8 Å². The van der Waals surface area contributed by atoms with Crippen LogP contribution in [0.5, 0.6) is 0 Å². The van der Waals surface area contributed by atoms with Crippen LogP contribution in [0.3, 0.4) is 0 Å². The molecule has 2 heteroatoms. The molecule has 0 aliphatic rings. The molecule has 13 heavy (non-hydrogen) atoms. The van der Waals surface area contributed by atoms with Crippen LogP contribution in [0.4, 0.5) is 0 Å². The van der Waals surface area contributed by atoms with Gasteiger partial charge < -0.3 is 0 Å². The molecule has 1 aromatic carbocycles. The van der Waals surface area contributed by atoms with Gasteiger partial charge in [-0.25, -0.2) is 0 Å². The smallest absolute Gasteiger partial charge is 0.0406 e. The third-order valence-corrected chi connectivity index (χ3v) is 2.53. The van der Waals surface area contributed by atoms with Gasteiger partial charge in [-0.1, -0.05) is 46.0 Å². The zero-order valence-corrected chi connectivity index (χ0v) is 10.1. The van der Waals surface area contributed by atoms with Crippen LogP contribution in [0.1, 0.15) is 18.4 Å². The predicted molar refractivity (Wildman–Crippen MR) is 66.5 cm³/mol. The van der Waals surface area contributed by atoms with Crippen LogP contribution >= 0.6 is 34.2 Å². The molecule has 0 spiro atoms. The quantitative estimate of drug-likeness (QED) is 0.336. The highest BCUT2D eigenvalue weighted by molar-refractivity contribution is 14.1. The maximum absolute atomic E-state index is 5.75. The summed E-state index contributed by atoms with van der Waals surface area (Å²) in [6.07, 6.45) is 2.15. The lowest BCUT2D eigenvalue weighted by Gasteiger charge is -1.89. The number of rotatable bonds is 2. The minimum absolute atomic E-state index is 0.762. The molecule has 1 aromatic rings. The molecule has 0 unspecified atom stereocenters. The van der Waals surface area contributed by atoms with Gasteiger partial charge in [0.15, 0.2) is 0 Å². The van der Waals surface area contributed by atoms with E-state index in [0.717, 1.165) is 17.0 Å². The summed E-state index contributed by atoms with van der Waals surface area (Å²) in [6.45, 7) is 0. The molecule has 0 aliphatic carbocycles. The van der Waals surface area contributed by atoms with Crippen LogP contribution < -0.4 is 0 Å². The van der Waals surface area contributed by atoms with Gasteiger partial charge >= 0.3 is 0 Å². The first-order valence-corrected chi connectivity index (χ1v) is 6.03. The number of hydrogen-bond donors (Lipinski definition) is 0. The highest BCUT2D eigenvalue weighted by Crippen LogP contribution is 2.08. The molecule has 0 bridgehead atoms. The Kier molecular flexibility index (Phi) is 5.26. The van der Waals surface area contributed by atoms with E-state index in [1.54, 1.807) is 0 Å². The van der Waals surface area contributed by atoms with Gasteiger partial charge in [0.25, 0.3) is 0 Å². The summed E-state index contributed by atoms with van der Waals surface area (Å²) < 4.78 is 1.17. The second-order valence-corrected chi connectivity index (χ2v) is 4.12. The Morgan fingerprint density at radius 3 is 2.54 bits per heavy atom. The minimum Gasteiger partial charge on any atom is -0.0979 e. The lowest BCUT2D eigenvalue weighted by atomic mass is 10.2. The second kappa shape index (κ2) is 6.28. The van der Waals surface area contributed by atoms with E-state index in [0.29, 0.717) is 0 Å². The normalized spacial score (nSPS) is 9.08. The summed E-state index contributed by atoms with van der Waals surface area (Å²) in [5.41, 5.74) is 1.04. The average Bonchev–Trinajstić information content (AvgIpc) is 2.15. The van der Waals surface area contributed by atoms with E-state index < -0.39 is 0 Å². The molecule has 0 nitrogen and oxygen atoms in total. The molecule has 0 amide bonds. The van der Waals surface area contributed by atoms with Crippen LogP contribution in [-0.2, 0) is 0 Å². The first-order chi connectivity index (χ1) is 6.33. The fourth-order valence-corrected chi connectivity index (χ4v) is 1.36. The first kappa shape index (κ1) is 10.9. The van der Waals surface area contributed by atoms with E-state index in [1.807, 2.05) is 24.3 Å². The highest BCUT2D eigenvalue weighted by atomic mass is 127. The maximum atomic E-state index is 5.75. The topological polar surface area (TPSA) is 0 Å². The summed E-state index contributed by atoms with van der Waals surface area (Å²) >= 11 is 8.11. The largest absolute Gasteiger partial charge is 0.0979 e. The summed E-state index contributed by atoms with van der Waals surface area (Å²) in [5, 5.41) is 0.762. The van der Waals surface area contributed by atoms with Gasteiger partial charge in [-0.05, 0) is 30.7 Å². The molecule has 0 aliphatic heterocycles. The maximum Gasteiger partial charge on any atom is 0.0406 e. The predicted octanol–water partition coefficient (Wildman–Crippen LogP) is 3.91. The van der Waals surface area contributed by atoms with Gasteiger partial charge in [0.05, 0.1) is 0 Å². The number of benzene rings is 1. The third kappa shape index (κ3) is 4.54. The van der Waals surface area contributed by atoms with Crippen molar-refractivity contribution in [2.24, 2.45) is 0 Å². The average molecular weight is 305 g/mol. The van der Waals surface area contributed by atoms with Gasteiger partial charge in [0.2, 0.25) is 0 Å². The van der Waals surface area contributed by atoms with E-state index in [2.05, 4.69) is 34.4 Å². The van der Waals surface area contributed by atoms with Gasteiger partial charge in [-0.2, -0.15) is 0 Å². The Morgan fingerprint density at radius 2 is 1.92 bits per heavy atom. The van der Waals surface area contributed by atoms with Crippen molar-refractivity contribution in [3.8, 4) is 11.8 Å². The molecule has 0 fully saturated rings. The van der Waals surface area contributed by atoms with Gasteiger partial charge in [0.1, 0.15) is 0 Å². The van der Waals surface area contributed by atoms with Crippen molar-refractivity contribution in [1.29, 1.82) is 0 Å². The van der Waals surface area contributed by atoms with Crippen LogP contribution in [0, 0.1) is 11.8 Å². The zero-order valence-electron chi connectivity index (χ0n) is 7.19. The summed E-state index contributed by atoms with van der Waals surface area (Å²) in [5.74, 6) is 6.22. The Balaban J connectivity index is 2.52. The third-order valence-electron chi connectivity index (χ3n) is 1.51. The fourth-order valence-electron chi connectivity index (χ4n) is 0.853. The van der Waals surface area contributed by atoms with E-state index in [-0.39, 0.29) is 0 Å². The lowest BCUT2D eigenvalue weighted by Crippen LogP contribution is -1.74. The van der Waals surface area contributed by atoms with Crippen molar-refractivity contribution in [2.45, 2.75) is 12.8 Å². The summed E-state index contributed by atoms with van der Waals surface area (Å²) in [7, 11) is 0. The summed E-state index contributed by atoms with van der Waals surface area (Å²) in [4.78, 5) is 0. The molecule has 0 atom stereocenters. The SMILES string of the molecule is Clc1ccc(C#CCCCI)cc1. The van der Waals surface area contributed by atoms with Crippen molar-refractivity contribution in [3.63, 3.8) is 0 Å². The molecular weight excluding hydrogens is 294 g/mol. The second-order valence-electron chi connectivity index (χ2n) is 2.60. The minimum atomic E-state index is 0.762. The Morgan fingerprint density at radius 1 is 1.23 bits per heavy atom. The van der Waals surface area contributed by atoms with Crippen molar-refractivity contribution in [1.82, 2.24) is 0 Å². The van der Waals surface area contributed by atoms with Crippen molar-refractivity contribution in [2.75, 3.05) is 4.43 Å². The number of hydrogen-bond acceptors (Lipinski definition) is 0. The van der Waals surface area contributed by atoms with Gasteiger partial charge in [-0.3, -0.25) is 0 Å². The molecule has 0 N–H and O–H groups in total. The molecule has 0 radical (unpaired) electrons. The summed E-state index contributed by atoms with van der Waals surface area (Å²) in [6, 6.07) is 7.62. The van der Waals surface area contributed by atoms with E-state index in [4.69, 9.17) is 11.6 Å². The number of halogens is 2. The van der Waals surface area contributed by atoms with Crippen LogP contribution in [0.15, 0.2) is 24.3 Å². The van der Waals surface area contributed by atoms with Crippen LogP contribution in [0.25, 0.3) is 0 Å². The standard InChI is InChI=1S/C11H10ClI/c12-11-7-5-10(6-8-11)4-2-1-3-9-13/h5-8H,1,3,9H2. The Bertz CT molecular complexity index is 305. The Labute approximate surface area is 97.8 Å².